The molecule has 0 saturated carbocycles. The zero-order valence-electron chi connectivity index (χ0n) is 87.5. The summed E-state index contributed by atoms with van der Waals surface area (Å²) in [7, 11) is 0. The lowest BCUT2D eigenvalue weighted by atomic mass is 9.66. The summed E-state index contributed by atoms with van der Waals surface area (Å²) in [6.07, 6.45) is 24.2. The maximum absolute atomic E-state index is 2.57. The van der Waals surface area contributed by atoms with Crippen molar-refractivity contribution in [2.45, 2.75) is 453 Å². The van der Waals surface area contributed by atoms with Crippen LogP contribution in [0.4, 0.5) is 0 Å². The quantitative estimate of drug-likeness (QED) is 0.0394. The van der Waals surface area contributed by atoms with Gasteiger partial charge in [-0.3, -0.25) is 0 Å². The van der Waals surface area contributed by atoms with E-state index in [9.17, 15) is 0 Å². The van der Waals surface area contributed by atoms with Crippen molar-refractivity contribution < 1.29 is 0 Å². The molecule has 0 unspecified atom stereocenters. The Morgan fingerprint density at radius 1 is 0.163 bits per heavy atom. The molecule has 0 fully saturated rings. The van der Waals surface area contributed by atoms with Gasteiger partial charge >= 0.3 is 0 Å². The van der Waals surface area contributed by atoms with Gasteiger partial charge in [-0.15, -0.1) is 0 Å². The molecule has 0 aliphatic heterocycles. The summed E-state index contributed by atoms with van der Waals surface area (Å²) in [6.45, 7) is 90.5. The number of aryl methyl sites for hydroxylation is 6. The third-order valence-corrected chi connectivity index (χ3v) is 33.6. The first kappa shape index (κ1) is 110. The first-order valence-corrected chi connectivity index (χ1v) is 49.7. The second kappa shape index (κ2) is 49.9. The smallest absolute Gasteiger partial charge is 0.00777 e. The number of benzene rings is 9. The second-order valence-electron chi connectivity index (χ2n) is 40.1. The summed E-state index contributed by atoms with van der Waals surface area (Å²) in [5, 5.41) is 0. The minimum Gasteiger partial charge on any atom is -0.0645 e. The van der Waals surface area contributed by atoms with Gasteiger partial charge in [0.05, 0.1) is 0 Å². The van der Waals surface area contributed by atoms with E-state index in [1.165, 1.54) is 217 Å². The van der Waals surface area contributed by atoms with Crippen LogP contribution in [0, 0.1) is 62.3 Å². The summed E-state index contributed by atoms with van der Waals surface area (Å²) < 4.78 is 0. The highest BCUT2D eigenvalue weighted by atomic mass is 14.4. The summed E-state index contributed by atoms with van der Waals surface area (Å²) in [4.78, 5) is 0. The largest absolute Gasteiger partial charge is 0.0645 e. The van der Waals surface area contributed by atoms with Crippen molar-refractivity contribution >= 4 is 0 Å². The molecule has 0 amide bonds. The van der Waals surface area contributed by atoms with E-state index in [1.54, 1.807) is 38.9 Å². The summed E-state index contributed by atoms with van der Waals surface area (Å²) in [6, 6.07) is 69.5. The predicted molar refractivity (Wildman–Crippen MR) is 558 cm³/mol. The maximum atomic E-state index is 2.57. The highest BCUT2D eigenvalue weighted by Crippen LogP contribution is 2.47. The molecule has 0 heteroatoms. The van der Waals surface area contributed by atoms with Crippen LogP contribution in [0.25, 0.3) is 22.3 Å². The van der Waals surface area contributed by atoms with E-state index in [2.05, 4.69) is 452 Å². The van der Waals surface area contributed by atoms with Gasteiger partial charge in [-0.25, -0.2) is 0 Å². The molecule has 0 N–H and O–H groups in total. The van der Waals surface area contributed by atoms with Crippen molar-refractivity contribution in [2.24, 2.45) is 0 Å². The normalized spacial score (nSPS) is 12.2. The molecule has 0 aromatic heterocycles. The third kappa shape index (κ3) is 28.0. The molecule has 123 heavy (non-hydrogen) atoms. The fourth-order valence-corrected chi connectivity index (χ4v) is 18.2. The van der Waals surface area contributed by atoms with E-state index in [4.69, 9.17) is 0 Å². The van der Waals surface area contributed by atoms with Gasteiger partial charge in [0.1, 0.15) is 0 Å². The number of rotatable bonds is 32. The summed E-state index contributed by atoms with van der Waals surface area (Å²) >= 11 is 0. The molecule has 0 nitrogen and oxygen atoms in total. The molecule has 0 spiro atoms. The van der Waals surface area contributed by atoms with Crippen LogP contribution in [0.1, 0.15) is 442 Å². The van der Waals surface area contributed by atoms with Crippen molar-refractivity contribution in [3.63, 3.8) is 0 Å². The Labute approximate surface area is 763 Å². The highest BCUT2D eigenvalue weighted by Gasteiger charge is 2.36. The van der Waals surface area contributed by atoms with E-state index >= 15 is 0 Å². The molecule has 0 aliphatic rings. The first-order valence-electron chi connectivity index (χ1n) is 49.7. The molecule has 0 saturated heterocycles. The summed E-state index contributed by atoms with van der Waals surface area (Å²) in [5.74, 6) is 0. The molecule has 0 atom stereocenters. The average Bonchev–Trinajstić information content (AvgIpc) is 0.755. The van der Waals surface area contributed by atoms with Gasteiger partial charge in [0.15, 0.2) is 0 Å². The Kier molecular flexibility index (Phi) is 44.7. The van der Waals surface area contributed by atoms with Crippen molar-refractivity contribution in [1.82, 2.24) is 0 Å². The van der Waals surface area contributed by atoms with Crippen LogP contribution < -0.4 is 0 Å². The van der Waals surface area contributed by atoms with Crippen LogP contribution in [0.3, 0.4) is 0 Å². The Hall–Kier alpha value is -7.02. The SMILES string of the molecule is CCC(C)(CC)c1cc(C(C)(CC)CC)c(C)c(C(C)(CC)CC)c1.CCC(C)(CC)c1cc(C)cc(C(C)(CC)CC)c1.CCC(C)(CC)c1ccc(C)c(C(C)(CC)CC)c1.CCC(C)(CC)c1ccc(C)cc1.CCC(C)(CC)c1cccc(C(C)(CC)CC)c1C.Cc1ccc(-c2ccccc2)c(C)c1.Cc1cccc(-c2ccccc2)c1C. The van der Waals surface area contributed by atoms with Crippen LogP contribution in [0.15, 0.2) is 188 Å². The van der Waals surface area contributed by atoms with E-state index in [1.807, 2.05) is 6.07 Å². The lowest BCUT2D eigenvalue weighted by Gasteiger charge is -2.38. The standard InChI is InChI=1S/C25H44.3C19H32.2C14H14.C13H20/c1-11-23(8,12-2)20-17-21(24(9,13-3)14-4)19(7)22(18-20)25(10,15-5)16-6;1-8-18(6,9-2)16-12-15(5)13-17(14-16)19(7,10-3)11-4;1-8-18(6,9-2)16-13-12-15(5)17(14-16)19(7,10-3)11-4;1-8-18(6,9-2)16-13-12-14-17(15(16)5)19(7,10-3)11-4;1-11-7-6-10-14(12(11)2)13-8-4-3-5-9-13;1-11-8-9-14(12(2)10-11)13-6-4-3-5-7-13;1-5-13(4,6-2)12-9-7-11(3)8-10-12/h17-18H,11-16H2,1-10H3;3*12-14H,8-11H2,1-7H3;2*3-10H,1-2H3;7-10H,5-6H2,1-4H3. The Morgan fingerprint density at radius 3 is 0.805 bits per heavy atom. The minimum atomic E-state index is 0.277. The van der Waals surface area contributed by atoms with Crippen molar-refractivity contribution in [1.29, 1.82) is 0 Å². The third-order valence-electron chi connectivity index (χ3n) is 33.6. The molecule has 680 valence electrons. The molecule has 0 radical (unpaired) electrons. The zero-order valence-corrected chi connectivity index (χ0v) is 87.5. The average molecular weight is 1670 g/mol. The fraction of sp³-hybridized carbons (Fsp3) is 0.561. The zero-order chi connectivity index (χ0) is 93.3. The Morgan fingerprint density at radius 2 is 0.447 bits per heavy atom. The topological polar surface area (TPSA) is 0 Å². The van der Waals surface area contributed by atoms with Crippen LogP contribution in [-0.4, -0.2) is 0 Å². The van der Waals surface area contributed by atoms with Crippen LogP contribution in [0.2, 0.25) is 0 Å². The molecular weight excluding hydrogens is 1480 g/mol. The van der Waals surface area contributed by atoms with Gasteiger partial charge in [0, 0.05) is 0 Å². The van der Waals surface area contributed by atoms with E-state index in [0.29, 0.717) is 37.9 Å². The number of hydrogen-bond donors (Lipinski definition) is 0. The second-order valence-corrected chi connectivity index (χ2v) is 40.1. The van der Waals surface area contributed by atoms with Crippen LogP contribution in [-0.2, 0) is 54.1 Å². The van der Waals surface area contributed by atoms with E-state index < -0.39 is 0 Å². The van der Waals surface area contributed by atoms with Crippen molar-refractivity contribution in [2.75, 3.05) is 0 Å². The van der Waals surface area contributed by atoms with Gasteiger partial charge in [0.25, 0.3) is 0 Å². The van der Waals surface area contributed by atoms with Gasteiger partial charge in [-0.1, -0.05) is 412 Å². The van der Waals surface area contributed by atoms with Crippen molar-refractivity contribution in [3.05, 3.63) is 294 Å². The maximum Gasteiger partial charge on any atom is -0.00777 e. The molecule has 0 heterocycles. The van der Waals surface area contributed by atoms with Gasteiger partial charge < -0.3 is 0 Å². The molecule has 9 aromatic rings. The van der Waals surface area contributed by atoms with Gasteiger partial charge in [-0.05, 0) is 356 Å². The fourth-order valence-electron chi connectivity index (χ4n) is 18.2. The molecule has 9 aromatic carbocycles. The lowest BCUT2D eigenvalue weighted by Crippen LogP contribution is -2.29. The lowest BCUT2D eigenvalue weighted by molar-refractivity contribution is 0.406. The Bertz CT molecular complexity index is 4370. The van der Waals surface area contributed by atoms with E-state index in [0.717, 1.165) is 0 Å². The molecule has 0 aliphatic carbocycles. The van der Waals surface area contributed by atoms with E-state index in [-0.39, 0.29) is 16.2 Å². The Balaban J connectivity index is 0.000000374. The molecular formula is C123H188. The van der Waals surface area contributed by atoms with Crippen LogP contribution in [0.5, 0.6) is 0 Å². The molecule has 9 rings (SSSR count). The van der Waals surface area contributed by atoms with Crippen molar-refractivity contribution in [3.8, 4) is 22.3 Å². The molecule has 0 bridgehead atoms. The monoisotopic (exact) mass is 1670 g/mol. The number of hydrogen-bond acceptors (Lipinski definition) is 0. The van der Waals surface area contributed by atoms with Gasteiger partial charge in [0.2, 0.25) is 0 Å². The highest BCUT2D eigenvalue weighted by molar-refractivity contribution is 5.69. The summed E-state index contributed by atoms with van der Waals surface area (Å²) in [5.41, 5.74) is 36.6. The van der Waals surface area contributed by atoms with Crippen LogP contribution >= 0.6 is 0 Å². The first-order chi connectivity index (χ1) is 57.9. The predicted octanol–water partition coefficient (Wildman–Crippen LogP) is 38.7. The van der Waals surface area contributed by atoms with Gasteiger partial charge in [-0.2, -0.15) is 0 Å². The minimum absolute atomic E-state index is 0.277.